The van der Waals surface area contributed by atoms with E-state index in [1.165, 1.54) is 0 Å². The fourth-order valence-corrected chi connectivity index (χ4v) is 3.76. The van der Waals surface area contributed by atoms with Crippen LogP contribution in [0.25, 0.3) is 0 Å². The summed E-state index contributed by atoms with van der Waals surface area (Å²) < 4.78 is 11.8. The van der Waals surface area contributed by atoms with Crippen molar-refractivity contribution in [1.82, 2.24) is 5.01 Å². The number of rotatable bonds is 3. The zero-order valence-electron chi connectivity index (χ0n) is 15.6. The summed E-state index contributed by atoms with van der Waals surface area (Å²) in [5.41, 5.74) is 3.86. The van der Waals surface area contributed by atoms with Crippen LogP contribution >= 0.6 is 0 Å². The van der Waals surface area contributed by atoms with Crippen LogP contribution in [0.2, 0.25) is 0 Å². The summed E-state index contributed by atoms with van der Waals surface area (Å²) in [6.45, 7) is 6.27. The second kappa shape index (κ2) is 6.24. The SMILES string of the molecule is COc1cccc2c1O[C@@H](C(C)C)N1N=C(c3cc(C)ccc3O)C[C@H]21. The summed E-state index contributed by atoms with van der Waals surface area (Å²) in [5, 5.41) is 17.2. The Hall–Kier alpha value is -2.69. The van der Waals surface area contributed by atoms with Crippen LogP contribution in [0.1, 0.15) is 43.0 Å². The zero-order valence-corrected chi connectivity index (χ0v) is 15.6. The average molecular weight is 352 g/mol. The van der Waals surface area contributed by atoms with Gasteiger partial charge >= 0.3 is 0 Å². The van der Waals surface area contributed by atoms with E-state index in [0.717, 1.165) is 40.3 Å². The molecule has 0 amide bonds. The molecule has 0 aromatic heterocycles. The van der Waals surface area contributed by atoms with E-state index in [4.69, 9.17) is 14.6 Å². The number of hydrogen-bond donors (Lipinski definition) is 1. The second-order valence-electron chi connectivity index (χ2n) is 7.30. The molecule has 2 heterocycles. The number of methoxy groups -OCH3 is 1. The Morgan fingerprint density at radius 3 is 2.81 bits per heavy atom. The number of phenols is 1. The monoisotopic (exact) mass is 352 g/mol. The lowest BCUT2D eigenvalue weighted by Crippen LogP contribution is -2.43. The minimum absolute atomic E-state index is 0.0798. The molecule has 0 spiro atoms. The molecule has 5 nitrogen and oxygen atoms in total. The van der Waals surface area contributed by atoms with E-state index in [1.807, 2.05) is 36.2 Å². The molecule has 2 aliphatic rings. The van der Waals surface area contributed by atoms with Gasteiger partial charge in [-0.05, 0) is 25.1 Å². The van der Waals surface area contributed by atoms with Gasteiger partial charge in [-0.3, -0.25) is 0 Å². The molecule has 0 fully saturated rings. The van der Waals surface area contributed by atoms with Crippen LogP contribution in [0.15, 0.2) is 41.5 Å². The molecule has 5 heteroatoms. The number of para-hydroxylation sites is 1. The smallest absolute Gasteiger partial charge is 0.190 e. The van der Waals surface area contributed by atoms with E-state index in [0.29, 0.717) is 0 Å². The van der Waals surface area contributed by atoms with Crippen molar-refractivity contribution in [3.63, 3.8) is 0 Å². The maximum Gasteiger partial charge on any atom is 0.190 e. The summed E-state index contributed by atoms with van der Waals surface area (Å²) >= 11 is 0. The normalized spacial score (nSPS) is 21.1. The first kappa shape index (κ1) is 16.8. The Kier molecular flexibility index (Phi) is 4.02. The Bertz CT molecular complexity index is 876. The standard InChI is InChI=1S/C21H24N2O3/c1-12(2)21-23-17(14-6-5-7-19(25-4)20(14)26-21)11-16(22-23)15-10-13(3)8-9-18(15)24/h5-10,12,17,21,24H,11H2,1-4H3/t17-,21+/m1/s1. The van der Waals surface area contributed by atoms with Gasteiger partial charge in [0.05, 0.1) is 18.9 Å². The van der Waals surface area contributed by atoms with Gasteiger partial charge in [-0.25, -0.2) is 5.01 Å². The number of aromatic hydroxyl groups is 1. The molecule has 0 saturated heterocycles. The Morgan fingerprint density at radius 1 is 1.27 bits per heavy atom. The fourth-order valence-electron chi connectivity index (χ4n) is 3.76. The highest BCUT2D eigenvalue weighted by molar-refractivity contribution is 6.04. The highest BCUT2D eigenvalue weighted by Crippen LogP contribution is 2.48. The van der Waals surface area contributed by atoms with E-state index < -0.39 is 0 Å². The Labute approximate surface area is 153 Å². The molecule has 2 atom stereocenters. The van der Waals surface area contributed by atoms with Crippen molar-refractivity contribution in [2.45, 2.75) is 39.5 Å². The lowest BCUT2D eigenvalue weighted by molar-refractivity contribution is -0.0476. The van der Waals surface area contributed by atoms with Crippen LogP contribution in [-0.4, -0.2) is 29.2 Å². The van der Waals surface area contributed by atoms with Crippen molar-refractivity contribution < 1.29 is 14.6 Å². The van der Waals surface area contributed by atoms with Gasteiger partial charge in [0.15, 0.2) is 17.7 Å². The minimum Gasteiger partial charge on any atom is -0.507 e. The van der Waals surface area contributed by atoms with Crippen LogP contribution in [0.5, 0.6) is 17.2 Å². The van der Waals surface area contributed by atoms with E-state index in [1.54, 1.807) is 13.2 Å². The van der Waals surface area contributed by atoms with Crippen LogP contribution < -0.4 is 9.47 Å². The van der Waals surface area contributed by atoms with Crippen LogP contribution in [-0.2, 0) is 0 Å². The first-order valence-electron chi connectivity index (χ1n) is 8.99. The molecule has 0 bridgehead atoms. The largest absolute Gasteiger partial charge is 0.507 e. The third kappa shape index (κ3) is 2.59. The van der Waals surface area contributed by atoms with E-state index in [9.17, 15) is 5.11 Å². The second-order valence-corrected chi connectivity index (χ2v) is 7.30. The number of aryl methyl sites for hydroxylation is 1. The van der Waals surface area contributed by atoms with E-state index >= 15 is 0 Å². The molecule has 0 unspecified atom stereocenters. The van der Waals surface area contributed by atoms with Gasteiger partial charge in [-0.15, -0.1) is 0 Å². The van der Waals surface area contributed by atoms with Crippen molar-refractivity contribution in [2.75, 3.05) is 7.11 Å². The number of hydrazone groups is 1. The predicted octanol–water partition coefficient (Wildman–Crippen LogP) is 4.23. The molecule has 1 N–H and O–H groups in total. The highest BCUT2D eigenvalue weighted by Gasteiger charge is 2.42. The van der Waals surface area contributed by atoms with Crippen molar-refractivity contribution >= 4 is 5.71 Å². The van der Waals surface area contributed by atoms with Crippen LogP contribution in [0.4, 0.5) is 0 Å². The topological polar surface area (TPSA) is 54.3 Å². The van der Waals surface area contributed by atoms with Gasteiger partial charge < -0.3 is 14.6 Å². The van der Waals surface area contributed by atoms with E-state index in [2.05, 4.69) is 19.9 Å². The minimum atomic E-state index is -0.173. The number of hydrogen-bond acceptors (Lipinski definition) is 5. The van der Waals surface area contributed by atoms with Crippen molar-refractivity contribution in [1.29, 1.82) is 0 Å². The van der Waals surface area contributed by atoms with E-state index in [-0.39, 0.29) is 23.9 Å². The first-order valence-corrected chi connectivity index (χ1v) is 8.99. The van der Waals surface area contributed by atoms with Gasteiger partial charge in [-0.1, -0.05) is 37.6 Å². The predicted molar refractivity (Wildman–Crippen MR) is 101 cm³/mol. The zero-order chi connectivity index (χ0) is 18.4. The molecule has 2 aromatic carbocycles. The molecule has 2 aromatic rings. The lowest BCUT2D eigenvalue weighted by atomic mass is 9.94. The molecule has 136 valence electrons. The number of fused-ring (bicyclic) bond motifs is 3. The first-order chi connectivity index (χ1) is 12.5. The molecule has 0 aliphatic carbocycles. The quantitative estimate of drug-likeness (QED) is 0.898. The van der Waals surface area contributed by atoms with Gasteiger partial charge in [0.25, 0.3) is 0 Å². The number of phenolic OH excluding ortho intramolecular Hbond substituents is 1. The van der Waals surface area contributed by atoms with Gasteiger partial charge in [0.1, 0.15) is 5.75 Å². The molecule has 0 saturated carbocycles. The average Bonchev–Trinajstić information content (AvgIpc) is 3.07. The van der Waals surface area contributed by atoms with Gasteiger partial charge in [0, 0.05) is 23.5 Å². The summed E-state index contributed by atoms with van der Waals surface area (Å²) in [7, 11) is 1.66. The summed E-state index contributed by atoms with van der Waals surface area (Å²) in [6, 6.07) is 11.7. The number of benzene rings is 2. The fraction of sp³-hybridized carbons (Fsp3) is 0.381. The summed E-state index contributed by atoms with van der Waals surface area (Å²) in [4.78, 5) is 0. The molecule has 2 aliphatic heterocycles. The molecule has 0 radical (unpaired) electrons. The Morgan fingerprint density at radius 2 is 2.08 bits per heavy atom. The lowest BCUT2D eigenvalue weighted by Gasteiger charge is -2.40. The molecular formula is C21H24N2O3. The molecular weight excluding hydrogens is 328 g/mol. The summed E-state index contributed by atoms with van der Waals surface area (Å²) in [5.74, 6) is 2.08. The third-order valence-corrected chi connectivity index (χ3v) is 5.06. The maximum atomic E-state index is 10.3. The van der Waals surface area contributed by atoms with Crippen molar-refractivity contribution in [3.05, 3.63) is 53.1 Å². The van der Waals surface area contributed by atoms with Crippen LogP contribution in [0, 0.1) is 12.8 Å². The number of ether oxygens (including phenoxy) is 2. The van der Waals surface area contributed by atoms with Gasteiger partial charge in [0.2, 0.25) is 0 Å². The molecule has 4 rings (SSSR count). The third-order valence-electron chi connectivity index (χ3n) is 5.06. The Balaban J connectivity index is 1.80. The highest BCUT2D eigenvalue weighted by atomic mass is 16.5. The van der Waals surface area contributed by atoms with Gasteiger partial charge in [-0.2, -0.15) is 5.10 Å². The number of nitrogens with zero attached hydrogens (tertiary/aromatic N) is 2. The van der Waals surface area contributed by atoms with Crippen LogP contribution in [0.3, 0.4) is 0 Å². The van der Waals surface area contributed by atoms with Crippen molar-refractivity contribution in [2.24, 2.45) is 11.0 Å². The van der Waals surface area contributed by atoms with Crippen molar-refractivity contribution in [3.8, 4) is 17.2 Å². The summed E-state index contributed by atoms with van der Waals surface area (Å²) in [6.07, 6.45) is 0.553. The maximum absolute atomic E-state index is 10.3. The molecule has 26 heavy (non-hydrogen) atoms.